The summed E-state index contributed by atoms with van der Waals surface area (Å²) < 4.78 is 6.79. The predicted molar refractivity (Wildman–Crippen MR) is 75.9 cm³/mol. The molecule has 20 heavy (non-hydrogen) atoms. The van der Waals surface area contributed by atoms with Gasteiger partial charge in [0.25, 0.3) is 0 Å². The molecule has 0 radical (unpaired) electrons. The van der Waals surface area contributed by atoms with Crippen molar-refractivity contribution in [2.45, 2.75) is 39.7 Å². The first-order valence-corrected chi connectivity index (χ1v) is 6.97. The Hall–Kier alpha value is -1.63. The zero-order chi connectivity index (χ0) is 14.8. The molecule has 1 N–H and O–H groups in total. The number of aromatic nitrogens is 2. The van der Waals surface area contributed by atoms with Crippen molar-refractivity contribution in [1.29, 1.82) is 0 Å². The van der Waals surface area contributed by atoms with Gasteiger partial charge in [0.1, 0.15) is 5.69 Å². The third-order valence-electron chi connectivity index (χ3n) is 4.00. The molecule has 1 aliphatic rings. The second kappa shape index (κ2) is 5.78. The number of nitrogens with zero attached hydrogens (tertiary/aromatic N) is 3. The van der Waals surface area contributed by atoms with Crippen LogP contribution >= 0.6 is 0 Å². The Kier molecular flexibility index (Phi) is 4.27. The molecule has 1 heterocycles. The van der Waals surface area contributed by atoms with Gasteiger partial charge in [-0.15, -0.1) is 0 Å². The number of aryl methyl sites for hydroxylation is 2. The highest BCUT2D eigenvalue weighted by Crippen LogP contribution is 2.49. The molecule has 2 rings (SSSR count). The number of methoxy groups -OCH3 is 1. The summed E-state index contributed by atoms with van der Waals surface area (Å²) in [4.78, 5) is 10.8. The summed E-state index contributed by atoms with van der Waals surface area (Å²) in [6, 6.07) is 0. The molecule has 1 aromatic rings. The van der Waals surface area contributed by atoms with Crippen LogP contribution in [0.2, 0.25) is 0 Å². The first-order chi connectivity index (χ1) is 9.53. The van der Waals surface area contributed by atoms with E-state index in [0.717, 1.165) is 32.4 Å². The van der Waals surface area contributed by atoms with Crippen molar-refractivity contribution in [2.24, 2.45) is 5.41 Å². The number of anilines is 1. The summed E-state index contributed by atoms with van der Waals surface area (Å²) in [5, 5.41) is 18.6. The van der Waals surface area contributed by atoms with E-state index in [4.69, 9.17) is 4.74 Å². The predicted octanol–water partition coefficient (Wildman–Crippen LogP) is 2.35. The summed E-state index contributed by atoms with van der Waals surface area (Å²) in [5.74, 6) is 0.527. The van der Waals surface area contributed by atoms with E-state index in [1.165, 1.54) is 0 Å². The molecule has 0 aliphatic heterocycles. The Bertz CT molecular complexity index is 494. The average Bonchev–Trinajstić information content (AvgIpc) is 3.11. The van der Waals surface area contributed by atoms with Gasteiger partial charge >= 0.3 is 5.69 Å². The van der Waals surface area contributed by atoms with Crippen LogP contribution in [0.15, 0.2) is 0 Å². The van der Waals surface area contributed by atoms with Gasteiger partial charge in [-0.05, 0) is 38.5 Å². The van der Waals surface area contributed by atoms with Crippen LogP contribution < -0.4 is 5.32 Å². The largest absolute Gasteiger partial charge is 0.385 e. The molecule has 0 saturated heterocycles. The van der Waals surface area contributed by atoms with Crippen molar-refractivity contribution in [1.82, 2.24) is 9.78 Å². The highest BCUT2D eigenvalue weighted by Gasteiger charge is 2.42. The Morgan fingerprint density at radius 1 is 1.55 bits per heavy atom. The van der Waals surface area contributed by atoms with Gasteiger partial charge in [0.05, 0.1) is 4.92 Å². The summed E-state index contributed by atoms with van der Waals surface area (Å²) in [5.41, 5.74) is 0.788. The molecule has 1 aliphatic carbocycles. The van der Waals surface area contributed by atoms with Crippen molar-refractivity contribution < 1.29 is 9.66 Å². The third-order valence-corrected chi connectivity index (χ3v) is 4.00. The molecule has 7 nitrogen and oxygen atoms in total. The van der Waals surface area contributed by atoms with Crippen molar-refractivity contribution in [3.63, 3.8) is 0 Å². The van der Waals surface area contributed by atoms with Gasteiger partial charge < -0.3 is 10.1 Å². The zero-order valence-corrected chi connectivity index (χ0v) is 12.3. The molecular formula is C13H22N4O3. The smallest absolute Gasteiger partial charge is 0.333 e. The quantitative estimate of drug-likeness (QED) is 0.584. The van der Waals surface area contributed by atoms with Crippen LogP contribution in [0.25, 0.3) is 0 Å². The number of rotatable bonds is 8. The first-order valence-electron chi connectivity index (χ1n) is 6.97. The minimum atomic E-state index is -0.356. The molecule has 0 amide bonds. The number of nitro groups is 1. The summed E-state index contributed by atoms with van der Waals surface area (Å²) in [6.45, 7) is 5.69. The van der Waals surface area contributed by atoms with Gasteiger partial charge in [0, 0.05) is 26.8 Å². The fourth-order valence-corrected chi connectivity index (χ4v) is 2.48. The van der Waals surface area contributed by atoms with Crippen LogP contribution in [0.3, 0.4) is 0 Å². The fourth-order valence-electron chi connectivity index (χ4n) is 2.48. The lowest BCUT2D eigenvalue weighted by Crippen LogP contribution is -2.19. The lowest BCUT2D eigenvalue weighted by atomic mass is 10.0. The first kappa shape index (κ1) is 14.8. The summed E-state index contributed by atoms with van der Waals surface area (Å²) in [7, 11) is 1.70. The van der Waals surface area contributed by atoms with Gasteiger partial charge in [-0.3, -0.25) is 10.1 Å². The van der Waals surface area contributed by atoms with E-state index >= 15 is 0 Å². The molecule has 0 atom stereocenters. The van der Waals surface area contributed by atoms with E-state index in [0.29, 0.717) is 18.1 Å². The van der Waals surface area contributed by atoms with Crippen molar-refractivity contribution >= 4 is 11.5 Å². The van der Waals surface area contributed by atoms with Crippen LogP contribution in [0.5, 0.6) is 0 Å². The van der Waals surface area contributed by atoms with Crippen LogP contribution in [-0.4, -0.2) is 35.0 Å². The van der Waals surface area contributed by atoms with E-state index in [9.17, 15) is 10.1 Å². The second-order valence-corrected chi connectivity index (χ2v) is 5.45. The highest BCUT2D eigenvalue weighted by atomic mass is 16.6. The molecule has 0 aromatic carbocycles. The third kappa shape index (κ3) is 2.92. The topological polar surface area (TPSA) is 82.2 Å². The molecule has 1 aromatic heterocycles. The van der Waals surface area contributed by atoms with Crippen LogP contribution in [0.1, 0.15) is 31.9 Å². The lowest BCUT2D eigenvalue weighted by molar-refractivity contribution is -0.384. The number of ether oxygens (including phenoxy) is 1. The Morgan fingerprint density at radius 2 is 2.25 bits per heavy atom. The van der Waals surface area contributed by atoms with E-state index in [-0.39, 0.29) is 16.0 Å². The summed E-state index contributed by atoms with van der Waals surface area (Å²) in [6.07, 6.45) is 3.29. The SMILES string of the molecule is CCn1nc(C)c([N+](=O)[O-])c1NCC1(CCOC)CC1. The van der Waals surface area contributed by atoms with Gasteiger partial charge in [-0.25, -0.2) is 4.68 Å². The molecular weight excluding hydrogens is 260 g/mol. The van der Waals surface area contributed by atoms with Crippen molar-refractivity contribution in [2.75, 3.05) is 25.6 Å². The Morgan fingerprint density at radius 3 is 2.75 bits per heavy atom. The van der Waals surface area contributed by atoms with Crippen molar-refractivity contribution in [3.05, 3.63) is 15.8 Å². The van der Waals surface area contributed by atoms with E-state index in [2.05, 4.69) is 10.4 Å². The van der Waals surface area contributed by atoms with Crippen LogP contribution in [0, 0.1) is 22.5 Å². The maximum atomic E-state index is 11.2. The molecule has 0 unspecified atom stereocenters. The van der Waals surface area contributed by atoms with Gasteiger partial charge in [0.15, 0.2) is 0 Å². The highest BCUT2D eigenvalue weighted by molar-refractivity contribution is 5.59. The molecule has 0 spiro atoms. The molecule has 0 bridgehead atoms. The number of hydrogen-bond acceptors (Lipinski definition) is 5. The Labute approximate surface area is 118 Å². The van der Waals surface area contributed by atoms with E-state index in [1.807, 2.05) is 6.92 Å². The average molecular weight is 282 g/mol. The fraction of sp³-hybridized carbons (Fsp3) is 0.769. The monoisotopic (exact) mass is 282 g/mol. The zero-order valence-electron chi connectivity index (χ0n) is 12.3. The van der Waals surface area contributed by atoms with E-state index in [1.54, 1.807) is 18.7 Å². The maximum absolute atomic E-state index is 11.2. The Balaban J connectivity index is 2.11. The minimum absolute atomic E-state index is 0.0920. The maximum Gasteiger partial charge on any atom is 0.333 e. The van der Waals surface area contributed by atoms with Gasteiger partial charge in [-0.1, -0.05) is 0 Å². The van der Waals surface area contributed by atoms with Gasteiger partial charge in [-0.2, -0.15) is 5.10 Å². The van der Waals surface area contributed by atoms with Crippen molar-refractivity contribution in [3.8, 4) is 0 Å². The number of hydrogen-bond donors (Lipinski definition) is 1. The van der Waals surface area contributed by atoms with E-state index < -0.39 is 0 Å². The lowest BCUT2D eigenvalue weighted by Gasteiger charge is -2.16. The normalized spacial score (nSPS) is 16.1. The molecule has 1 saturated carbocycles. The standard InChI is InChI=1S/C13H22N4O3/c1-4-16-12(11(17(18)19)10(2)15-16)14-9-13(5-6-13)7-8-20-3/h14H,4-9H2,1-3H3. The molecule has 1 fully saturated rings. The minimum Gasteiger partial charge on any atom is -0.385 e. The summed E-state index contributed by atoms with van der Waals surface area (Å²) >= 11 is 0. The molecule has 7 heteroatoms. The van der Waals surface area contributed by atoms with Gasteiger partial charge in [0.2, 0.25) is 5.82 Å². The number of nitrogens with one attached hydrogen (secondary N) is 1. The molecule has 112 valence electrons. The van der Waals surface area contributed by atoms with Crippen LogP contribution in [0.4, 0.5) is 11.5 Å². The second-order valence-electron chi connectivity index (χ2n) is 5.45. The van der Waals surface area contributed by atoms with Crippen LogP contribution in [-0.2, 0) is 11.3 Å².